The van der Waals surface area contributed by atoms with E-state index in [-0.39, 0.29) is 24.0 Å². The summed E-state index contributed by atoms with van der Waals surface area (Å²) in [5.41, 5.74) is 1.13. The van der Waals surface area contributed by atoms with Gasteiger partial charge >= 0.3 is 0 Å². The molecule has 140 valence electrons. The van der Waals surface area contributed by atoms with E-state index in [0.717, 1.165) is 57.2 Å². The number of hydrogen-bond acceptors (Lipinski definition) is 3. The van der Waals surface area contributed by atoms with E-state index in [0.29, 0.717) is 17.0 Å². The normalized spacial score (nSPS) is 24.4. The molecule has 2 aliphatic heterocycles. The smallest absolute Gasteiger partial charge is 0.194 e. The molecule has 2 atom stereocenters. The third-order valence-corrected chi connectivity index (χ3v) is 5.18. The Morgan fingerprint density at radius 1 is 1.40 bits per heavy atom. The van der Waals surface area contributed by atoms with Crippen LogP contribution in [0.2, 0.25) is 5.02 Å². The number of aliphatic hydroxyl groups is 1. The van der Waals surface area contributed by atoms with Crippen LogP contribution in [0, 0.1) is 5.41 Å². The summed E-state index contributed by atoms with van der Waals surface area (Å²) in [7, 11) is 0. The average molecular weight is 480 g/mol. The zero-order valence-electron chi connectivity index (χ0n) is 14.6. The van der Waals surface area contributed by atoms with E-state index in [2.05, 4.69) is 22.1 Å². The lowest BCUT2D eigenvalue weighted by molar-refractivity contribution is 0.156. The molecule has 2 fully saturated rings. The summed E-state index contributed by atoms with van der Waals surface area (Å²) in [6.45, 7) is 6.92. The van der Waals surface area contributed by atoms with Crippen molar-refractivity contribution in [1.82, 2.24) is 10.2 Å². The molecule has 3 rings (SSSR count). The Morgan fingerprint density at radius 3 is 2.80 bits per heavy atom. The highest BCUT2D eigenvalue weighted by molar-refractivity contribution is 14.0. The molecule has 2 heterocycles. The van der Waals surface area contributed by atoms with Crippen molar-refractivity contribution in [3.63, 3.8) is 0 Å². The van der Waals surface area contributed by atoms with Crippen LogP contribution in [0.15, 0.2) is 29.3 Å². The summed E-state index contributed by atoms with van der Waals surface area (Å²) in [4.78, 5) is 6.95. The van der Waals surface area contributed by atoms with E-state index in [4.69, 9.17) is 16.3 Å². The Hall–Kier alpha value is -0.570. The van der Waals surface area contributed by atoms with Crippen molar-refractivity contribution in [3.05, 3.63) is 34.9 Å². The number of halogens is 2. The van der Waals surface area contributed by atoms with Crippen LogP contribution in [0.4, 0.5) is 0 Å². The molecule has 0 aromatic heterocycles. The van der Waals surface area contributed by atoms with Crippen molar-refractivity contribution in [2.75, 3.05) is 39.4 Å². The fourth-order valence-corrected chi connectivity index (χ4v) is 3.60. The molecule has 2 aliphatic rings. The summed E-state index contributed by atoms with van der Waals surface area (Å²) in [5.74, 6) is 0.884. The van der Waals surface area contributed by atoms with Gasteiger partial charge in [-0.3, -0.25) is 4.99 Å². The van der Waals surface area contributed by atoms with Crippen LogP contribution in [-0.4, -0.2) is 55.4 Å². The first-order chi connectivity index (χ1) is 11.6. The molecule has 2 saturated heterocycles. The number of likely N-dealkylation sites (tertiary alicyclic amines) is 1. The summed E-state index contributed by atoms with van der Waals surface area (Å²) >= 11 is 5.89. The maximum Gasteiger partial charge on any atom is 0.194 e. The van der Waals surface area contributed by atoms with Crippen LogP contribution in [-0.2, 0) is 4.74 Å². The fourth-order valence-electron chi connectivity index (χ4n) is 3.48. The van der Waals surface area contributed by atoms with E-state index in [9.17, 15) is 5.11 Å². The molecular weight excluding hydrogens is 453 g/mol. The minimum Gasteiger partial charge on any atom is -0.386 e. The molecule has 0 aliphatic carbocycles. The molecule has 2 N–H and O–H groups in total. The molecular formula is C18H27ClIN3O2. The Labute approximate surface area is 171 Å². The summed E-state index contributed by atoms with van der Waals surface area (Å²) < 4.78 is 5.60. The molecule has 5 nitrogen and oxygen atoms in total. The highest BCUT2D eigenvalue weighted by Gasteiger charge is 2.42. The van der Waals surface area contributed by atoms with E-state index in [1.54, 1.807) is 12.1 Å². The number of aliphatic imine (C=N–C) groups is 1. The first-order valence-corrected chi connectivity index (χ1v) is 9.04. The van der Waals surface area contributed by atoms with Crippen molar-refractivity contribution in [1.29, 1.82) is 0 Å². The Kier molecular flexibility index (Phi) is 7.79. The second kappa shape index (κ2) is 9.39. The van der Waals surface area contributed by atoms with Crippen LogP contribution in [0.25, 0.3) is 0 Å². The topological polar surface area (TPSA) is 57.1 Å². The molecule has 1 aromatic rings. The van der Waals surface area contributed by atoms with Crippen LogP contribution >= 0.6 is 35.6 Å². The summed E-state index contributed by atoms with van der Waals surface area (Å²) in [6, 6.07) is 7.27. The predicted octanol–water partition coefficient (Wildman–Crippen LogP) is 3.07. The summed E-state index contributed by atoms with van der Waals surface area (Å²) in [5, 5.41) is 14.4. The van der Waals surface area contributed by atoms with Crippen LogP contribution < -0.4 is 5.32 Å². The number of hydrogen-bond donors (Lipinski definition) is 2. The van der Waals surface area contributed by atoms with E-state index < -0.39 is 6.10 Å². The predicted molar refractivity (Wildman–Crippen MR) is 112 cm³/mol. The van der Waals surface area contributed by atoms with Crippen LogP contribution in [0.1, 0.15) is 31.4 Å². The van der Waals surface area contributed by atoms with Crippen molar-refractivity contribution in [2.45, 2.75) is 25.9 Å². The van der Waals surface area contributed by atoms with Gasteiger partial charge in [0.2, 0.25) is 0 Å². The van der Waals surface area contributed by atoms with Crippen molar-refractivity contribution in [3.8, 4) is 0 Å². The highest BCUT2D eigenvalue weighted by atomic mass is 127. The van der Waals surface area contributed by atoms with Crippen molar-refractivity contribution in [2.24, 2.45) is 10.4 Å². The molecule has 0 radical (unpaired) electrons. The van der Waals surface area contributed by atoms with Crippen LogP contribution in [0.3, 0.4) is 0 Å². The van der Waals surface area contributed by atoms with Gasteiger partial charge in [-0.25, -0.2) is 0 Å². The van der Waals surface area contributed by atoms with Crippen molar-refractivity contribution >= 4 is 41.5 Å². The molecule has 25 heavy (non-hydrogen) atoms. The standard InChI is InChI=1S/C18H26ClN3O2.HI/c1-2-20-17(22-9-7-18(12-22)8-10-24-13-18)21-11-16(23)14-3-5-15(19)6-4-14;/h3-6,16,23H,2,7-13H2,1H3,(H,20,21);1H. The van der Waals surface area contributed by atoms with E-state index in [1.807, 2.05) is 12.1 Å². The zero-order chi connectivity index (χ0) is 17.0. The van der Waals surface area contributed by atoms with E-state index >= 15 is 0 Å². The Bertz CT molecular complexity index is 576. The van der Waals surface area contributed by atoms with E-state index in [1.165, 1.54) is 0 Å². The zero-order valence-corrected chi connectivity index (χ0v) is 17.7. The quantitative estimate of drug-likeness (QED) is 0.396. The molecule has 0 saturated carbocycles. The number of nitrogens with one attached hydrogen (secondary N) is 1. The number of guanidine groups is 1. The molecule has 0 bridgehead atoms. The van der Waals surface area contributed by atoms with Crippen LogP contribution in [0.5, 0.6) is 0 Å². The number of ether oxygens (including phenoxy) is 1. The monoisotopic (exact) mass is 479 g/mol. The van der Waals surface area contributed by atoms with Gasteiger partial charge in [0.1, 0.15) is 0 Å². The highest BCUT2D eigenvalue weighted by Crippen LogP contribution is 2.38. The lowest BCUT2D eigenvalue weighted by Crippen LogP contribution is -2.41. The first kappa shape index (κ1) is 20.7. The minimum absolute atomic E-state index is 0. The third-order valence-electron chi connectivity index (χ3n) is 4.93. The Balaban J connectivity index is 0.00000225. The van der Waals surface area contributed by atoms with Gasteiger partial charge in [0.05, 0.1) is 19.3 Å². The lowest BCUT2D eigenvalue weighted by Gasteiger charge is -2.25. The van der Waals surface area contributed by atoms with Gasteiger partial charge in [0, 0.05) is 36.7 Å². The van der Waals surface area contributed by atoms with Gasteiger partial charge in [-0.05, 0) is 37.5 Å². The largest absolute Gasteiger partial charge is 0.386 e. The fraction of sp³-hybridized carbons (Fsp3) is 0.611. The molecule has 1 spiro atoms. The van der Waals surface area contributed by atoms with Gasteiger partial charge in [-0.2, -0.15) is 0 Å². The number of nitrogens with zero attached hydrogens (tertiary/aromatic N) is 2. The average Bonchev–Trinajstić information content (AvgIpc) is 3.22. The third kappa shape index (κ3) is 5.21. The minimum atomic E-state index is -0.623. The second-order valence-electron chi connectivity index (χ2n) is 6.74. The molecule has 0 amide bonds. The number of benzene rings is 1. The van der Waals surface area contributed by atoms with Gasteiger partial charge in [-0.1, -0.05) is 23.7 Å². The molecule has 1 aromatic carbocycles. The first-order valence-electron chi connectivity index (χ1n) is 8.66. The number of aliphatic hydroxyl groups excluding tert-OH is 1. The van der Waals surface area contributed by atoms with Gasteiger partial charge in [0.15, 0.2) is 5.96 Å². The number of rotatable bonds is 4. The molecule has 2 unspecified atom stereocenters. The molecule has 7 heteroatoms. The second-order valence-corrected chi connectivity index (χ2v) is 7.17. The van der Waals surface area contributed by atoms with Gasteiger partial charge in [0.25, 0.3) is 0 Å². The lowest BCUT2D eigenvalue weighted by atomic mass is 9.87. The van der Waals surface area contributed by atoms with Crippen molar-refractivity contribution < 1.29 is 9.84 Å². The van der Waals surface area contributed by atoms with Gasteiger partial charge < -0.3 is 20.1 Å². The summed E-state index contributed by atoms with van der Waals surface area (Å²) in [6.07, 6.45) is 1.66. The van der Waals surface area contributed by atoms with Gasteiger partial charge in [-0.15, -0.1) is 24.0 Å². The Morgan fingerprint density at radius 2 is 2.16 bits per heavy atom. The SMILES string of the molecule is CCNC(=NCC(O)c1ccc(Cl)cc1)N1CCC2(CCOC2)C1.I. The maximum atomic E-state index is 10.4. The maximum absolute atomic E-state index is 10.4.